The van der Waals surface area contributed by atoms with Crippen molar-refractivity contribution in [1.82, 2.24) is 5.32 Å². The van der Waals surface area contributed by atoms with E-state index in [0.717, 1.165) is 5.56 Å². The van der Waals surface area contributed by atoms with Gasteiger partial charge in [-0.1, -0.05) is 6.07 Å². The summed E-state index contributed by atoms with van der Waals surface area (Å²) in [7, 11) is 0. The van der Waals surface area contributed by atoms with Gasteiger partial charge in [0.15, 0.2) is 11.5 Å². The third-order valence-electron chi connectivity index (χ3n) is 2.22. The van der Waals surface area contributed by atoms with Gasteiger partial charge in [-0.3, -0.25) is 0 Å². The van der Waals surface area contributed by atoms with Gasteiger partial charge >= 0.3 is 0 Å². The highest BCUT2D eigenvalue weighted by molar-refractivity contribution is 5.40. The summed E-state index contributed by atoms with van der Waals surface area (Å²) in [6.07, 6.45) is 0. The van der Waals surface area contributed by atoms with Gasteiger partial charge in [0.2, 0.25) is 0 Å². The number of benzene rings is 1. The van der Waals surface area contributed by atoms with Crippen molar-refractivity contribution in [2.24, 2.45) is 0 Å². The summed E-state index contributed by atoms with van der Waals surface area (Å²) in [5, 5.41) is 39.6. The molecule has 1 aromatic rings. The fourth-order valence-corrected chi connectivity index (χ4v) is 1.21. The van der Waals surface area contributed by atoms with Crippen molar-refractivity contribution in [2.45, 2.75) is 19.1 Å². The van der Waals surface area contributed by atoms with E-state index in [9.17, 15) is 10.2 Å². The molecule has 0 aliphatic rings. The first-order valence-corrected chi connectivity index (χ1v) is 4.99. The van der Waals surface area contributed by atoms with Gasteiger partial charge in [0.05, 0.1) is 12.2 Å². The normalized spacial score (nSPS) is 14.7. The quantitative estimate of drug-likeness (QED) is 0.454. The molecule has 0 aliphatic heterocycles. The number of rotatable bonds is 5. The molecule has 0 radical (unpaired) electrons. The standard InChI is InChI=1S/C11H17NO4/c1-11(16,7-13)6-12-5-8-2-3-9(14)10(15)4-8/h2-4,12-16H,5-7H2,1H3. The van der Waals surface area contributed by atoms with E-state index < -0.39 is 5.60 Å². The minimum Gasteiger partial charge on any atom is -0.504 e. The number of aliphatic hydroxyl groups excluding tert-OH is 1. The molecule has 16 heavy (non-hydrogen) atoms. The van der Waals surface area contributed by atoms with Crippen molar-refractivity contribution in [2.75, 3.05) is 13.2 Å². The van der Waals surface area contributed by atoms with Gasteiger partial charge in [0.25, 0.3) is 0 Å². The fourth-order valence-electron chi connectivity index (χ4n) is 1.21. The number of phenolic OH excluding ortho intramolecular Hbond substituents is 2. The topological polar surface area (TPSA) is 93.0 Å². The van der Waals surface area contributed by atoms with Crippen molar-refractivity contribution in [3.63, 3.8) is 0 Å². The Balaban J connectivity index is 2.46. The first-order valence-electron chi connectivity index (χ1n) is 4.99. The molecule has 0 bridgehead atoms. The predicted molar refractivity (Wildman–Crippen MR) is 59.2 cm³/mol. The van der Waals surface area contributed by atoms with E-state index in [-0.39, 0.29) is 24.7 Å². The molecule has 0 amide bonds. The van der Waals surface area contributed by atoms with Crippen molar-refractivity contribution >= 4 is 0 Å². The van der Waals surface area contributed by atoms with Crippen LogP contribution in [0.3, 0.4) is 0 Å². The molecule has 0 saturated carbocycles. The maximum Gasteiger partial charge on any atom is 0.157 e. The molecular weight excluding hydrogens is 210 g/mol. The van der Waals surface area contributed by atoms with Crippen LogP contribution in [0.15, 0.2) is 18.2 Å². The summed E-state index contributed by atoms with van der Waals surface area (Å²) in [5.74, 6) is -0.334. The van der Waals surface area contributed by atoms with E-state index in [1.165, 1.54) is 19.1 Å². The second kappa shape index (κ2) is 5.16. The summed E-state index contributed by atoms with van der Waals surface area (Å²) < 4.78 is 0. The van der Waals surface area contributed by atoms with Gasteiger partial charge in [0, 0.05) is 13.1 Å². The van der Waals surface area contributed by atoms with Crippen molar-refractivity contribution in [3.8, 4) is 11.5 Å². The highest BCUT2D eigenvalue weighted by atomic mass is 16.3. The first kappa shape index (κ1) is 12.8. The van der Waals surface area contributed by atoms with Crippen molar-refractivity contribution in [1.29, 1.82) is 0 Å². The molecule has 5 nitrogen and oxygen atoms in total. The molecule has 0 aliphatic carbocycles. The van der Waals surface area contributed by atoms with Gasteiger partial charge in [-0.2, -0.15) is 0 Å². The van der Waals surface area contributed by atoms with E-state index in [0.29, 0.717) is 6.54 Å². The van der Waals surface area contributed by atoms with Crippen LogP contribution in [0.4, 0.5) is 0 Å². The number of aromatic hydroxyl groups is 2. The van der Waals surface area contributed by atoms with E-state index in [1.807, 2.05) is 0 Å². The molecule has 0 aromatic heterocycles. The Kier molecular flexibility index (Phi) is 4.12. The minimum absolute atomic E-state index is 0.161. The molecule has 0 spiro atoms. The third-order valence-corrected chi connectivity index (χ3v) is 2.22. The van der Waals surface area contributed by atoms with Crippen LogP contribution in [0.2, 0.25) is 0 Å². The average Bonchev–Trinajstić information content (AvgIpc) is 2.23. The molecule has 1 rings (SSSR count). The lowest BCUT2D eigenvalue weighted by atomic mass is 10.1. The van der Waals surface area contributed by atoms with Crippen LogP contribution in [0, 0.1) is 0 Å². The van der Waals surface area contributed by atoms with Crippen LogP contribution in [0.25, 0.3) is 0 Å². The number of phenols is 2. The minimum atomic E-state index is -1.15. The molecule has 1 atom stereocenters. The molecule has 1 unspecified atom stereocenters. The second-order valence-electron chi connectivity index (χ2n) is 4.08. The van der Waals surface area contributed by atoms with Gasteiger partial charge in [-0.25, -0.2) is 0 Å². The lowest BCUT2D eigenvalue weighted by molar-refractivity contribution is 0.00253. The van der Waals surface area contributed by atoms with Crippen LogP contribution in [0.1, 0.15) is 12.5 Å². The summed E-state index contributed by atoms with van der Waals surface area (Å²) in [6.45, 7) is 1.88. The largest absolute Gasteiger partial charge is 0.504 e. The Morgan fingerprint density at radius 3 is 2.50 bits per heavy atom. The van der Waals surface area contributed by atoms with Crippen LogP contribution in [0.5, 0.6) is 11.5 Å². The second-order valence-corrected chi connectivity index (χ2v) is 4.08. The van der Waals surface area contributed by atoms with Gasteiger partial charge < -0.3 is 25.7 Å². The maximum absolute atomic E-state index is 9.50. The van der Waals surface area contributed by atoms with E-state index in [2.05, 4.69) is 5.32 Å². The van der Waals surface area contributed by atoms with E-state index >= 15 is 0 Å². The number of hydrogen-bond acceptors (Lipinski definition) is 5. The SMILES string of the molecule is CC(O)(CO)CNCc1ccc(O)c(O)c1. The zero-order chi connectivity index (χ0) is 12.2. The Bertz CT molecular complexity index is 352. The van der Waals surface area contributed by atoms with Gasteiger partial charge in [0.1, 0.15) is 0 Å². The molecule has 0 fully saturated rings. The van der Waals surface area contributed by atoms with Crippen LogP contribution >= 0.6 is 0 Å². The smallest absolute Gasteiger partial charge is 0.157 e. The average molecular weight is 227 g/mol. The molecule has 5 heteroatoms. The molecular formula is C11H17NO4. The monoisotopic (exact) mass is 227 g/mol. The van der Waals surface area contributed by atoms with Crippen LogP contribution in [-0.4, -0.2) is 39.2 Å². The molecule has 0 heterocycles. The predicted octanol–water partition coefficient (Wildman–Crippen LogP) is -0.0693. The van der Waals surface area contributed by atoms with Gasteiger partial charge in [-0.05, 0) is 24.6 Å². The molecule has 1 aromatic carbocycles. The zero-order valence-corrected chi connectivity index (χ0v) is 9.14. The lowest BCUT2D eigenvalue weighted by Gasteiger charge is -2.20. The highest BCUT2D eigenvalue weighted by Gasteiger charge is 2.17. The van der Waals surface area contributed by atoms with E-state index in [1.54, 1.807) is 6.07 Å². The summed E-state index contributed by atoms with van der Waals surface area (Å²) in [4.78, 5) is 0. The van der Waals surface area contributed by atoms with Crippen molar-refractivity contribution in [3.05, 3.63) is 23.8 Å². The van der Waals surface area contributed by atoms with E-state index in [4.69, 9.17) is 10.2 Å². The van der Waals surface area contributed by atoms with Gasteiger partial charge in [-0.15, -0.1) is 0 Å². The number of aliphatic hydroxyl groups is 2. The maximum atomic E-state index is 9.50. The third kappa shape index (κ3) is 3.69. The lowest BCUT2D eigenvalue weighted by Crippen LogP contribution is -2.40. The summed E-state index contributed by atoms with van der Waals surface area (Å²) in [5.41, 5.74) is -0.372. The first-order chi connectivity index (χ1) is 7.44. The van der Waals surface area contributed by atoms with Crippen LogP contribution < -0.4 is 5.32 Å². The van der Waals surface area contributed by atoms with Crippen LogP contribution in [-0.2, 0) is 6.54 Å². The Morgan fingerprint density at radius 1 is 1.25 bits per heavy atom. The number of hydrogen-bond donors (Lipinski definition) is 5. The number of nitrogens with one attached hydrogen (secondary N) is 1. The van der Waals surface area contributed by atoms with Crippen molar-refractivity contribution < 1.29 is 20.4 Å². The fraction of sp³-hybridized carbons (Fsp3) is 0.455. The summed E-state index contributed by atoms with van der Waals surface area (Å²) >= 11 is 0. The Hall–Kier alpha value is -1.30. The Labute approximate surface area is 94.0 Å². The molecule has 5 N–H and O–H groups in total. The zero-order valence-electron chi connectivity index (χ0n) is 9.14. The molecule has 90 valence electrons. The molecule has 0 saturated heterocycles. The highest BCUT2D eigenvalue weighted by Crippen LogP contribution is 2.24. The Morgan fingerprint density at radius 2 is 1.94 bits per heavy atom. The summed E-state index contributed by atoms with van der Waals surface area (Å²) in [6, 6.07) is 4.50.